The van der Waals surface area contributed by atoms with Crippen LogP contribution in [0.4, 0.5) is 9.18 Å². The summed E-state index contributed by atoms with van der Waals surface area (Å²) in [5, 5.41) is 4.83. The summed E-state index contributed by atoms with van der Waals surface area (Å²) >= 11 is 9.10. The van der Waals surface area contributed by atoms with Crippen molar-refractivity contribution in [1.82, 2.24) is 15.6 Å². The van der Waals surface area contributed by atoms with Crippen LogP contribution < -0.4 is 16.4 Å². The fourth-order valence-electron chi connectivity index (χ4n) is 2.61. The van der Waals surface area contributed by atoms with Crippen molar-refractivity contribution >= 4 is 36.2 Å². The molecule has 22 heavy (non-hydrogen) atoms. The Labute approximate surface area is 137 Å². The van der Waals surface area contributed by atoms with E-state index in [1.807, 2.05) is 0 Å². The van der Waals surface area contributed by atoms with Crippen molar-refractivity contribution in [2.24, 2.45) is 11.7 Å². The van der Waals surface area contributed by atoms with E-state index in [4.69, 9.17) is 17.3 Å². The summed E-state index contributed by atoms with van der Waals surface area (Å²) in [5.41, 5.74) is 4.88. The van der Waals surface area contributed by atoms with Crippen LogP contribution >= 0.6 is 24.2 Å². The van der Waals surface area contributed by atoms with E-state index in [1.165, 1.54) is 12.3 Å². The molecule has 1 aliphatic carbocycles. The van der Waals surface area contributed by atoms with Crippen LogP contribution in [0.5, 0.6) is 0 Å². The first kappa shape index (κ1) is 17.0. The fourth-order valence-corrected chi connectivity index (χ4v) is 2.88. The second-order valence-electron chi connectivity index (χ2n) is 5.30. The summed E-state index contributed by atoms with van der Waals surface area (Å²) in [4.78, 5) is 26.3. The quantitative estimate of drug-likeness (QED) is 0.352. The number of rotatable bonds is 1. The number of carbonyl (C=O) groups excluding carboxylic acids is 2. The van der Waals surface area contributed by atoms with Crippen molar-refractivity contribution < 1.29 is 14.0 Å². The zero-order valence-electron chi connectivity index (χ0n) is 11.6. The largest absolute Gasteiger partial charge is 0.330 e. The van der Waals surface area contributed by atoms with Gasteiger partial charge in [-0.25, -0.2) is 14.2 Å². The molecule has 120 valence electrons. The number of hydrogen-bond donors (Lipinski definition) is 4. The molecule has 2 heterocycles. The Balaban J connectivity index is 0.000000172. The summed E-state index contributed by atoms with van der Waals surface area (Å²) in [7, 11) is 0. The van der Waals surface area contributed by atoms with Crippen molar-refractivity contribution in [2.45, 2.75) is 29.7 Å². The van der Waals surface area contributed by atoms with Crippen LogP contribution in [0.15, 0.2) is 17.2 Å². The molecule has 4 N–H and O–H groups in total. The number of nitrogens with one attached hydrogen (secondary N) is 2. The highest BCUT2D eigenvalue weighted by Crippen LogP contribution is 2.35. The van der Waals surface area contributed by atoms with Crippen LogP contribution in [0.2, 0.25) is 5.15 Å². The number of urea groups is 1. The van der Waals surface area contributed by atoms with Gasteiger partial charge < -0.3 is 11.1 Å². The highest BCUT2D eigenvalue weighted by Gasteiger charge is 2.50. The molecule has 0 aromatic carbocycles. The van der Waals surface area contributed by atoms with Gasteiger partial charge in [0.2, 0.25) is 0 Å². The van der Waals surface area contributed by atoms with E-state index < -0.39 is 11.4 Å². The molecule has 1 aromatic heterocycles. The first-order chi connectivity index (χ1) is 10.4. The molecule has 2 atom stereocenters. The number of pyridine rings is 1. The van der Waals surface area contributed by atoms with Gasteiger partial charge in [0.1, 0.15) is 5.54 Å². The molecule has 1 aromatic rings. The van der Waals surface area contributed by atoms with Gasteiger partial charge in [-0.05, 0) is 37.8 Å². The third-order valence-electron chi connectivity index (χ3n) is 3.75. The van der Waals surface area contributed by atoms with Crippen molar-refractivity contribution in [2.75, 3.05) is 6.54 Å². The zero-order valence-corrected chi connectivity index (χ0v) is 13.3. The number of hydrogen-bond acceptors (Lipinski definition) is 5. The number of carbonyl (C=O) groups is 2. The van der Waals surface area contributed by atoms with Crippen LogP contribution in [-0.2, 0) is 4.79 Å². The summed E-state index contributed by atoms with van der Waals surface area (Å²) in [6.07, 6.45) is 3.70. The van der Waals surface area contributed by atoms with Crippen LogP contribution in [-0.4, -0.2) is 29.0 Å². The minimum absolute atomic E-state index is 0.118. The minimum Gasteiger partial charge on any atom is -0.330 e. The minimum atomic E-state index is -0.638. The number of imide groups is 1. The van der Waals surface area contributed by atoms with Gasteiger partial charge in [0.25, 0.3) is 5.91 Å². The van der Waals surface area contributed by atoms with Crippen LogP contribution in [0.3, 0.4) is 0 Å². The number of aromatic nitrogens is 1. The topological polar surface area (TPSA) is 97.1 Å². The maximum Gasteiger partial charge on any atom is 0.322 e. The molecule has 9 heteroatoms. The highest BCUT2D eigenvalue weighted by atomic mass is 35.5. The molecule has 6 nitrogen and oxygen atoms in total. The third-order valence-corrected chi connectivity index (χ3v) is 4.27. The molecular formula is C13H16ClFN4O2S. The molecule has 2 aliphatic rings. The summed E-state index contributed by atoms with van der Waals surface area (Å²) in [6, 6.07) is 0.834. The van der Waals surface area contributed by atoms with Crippen molar-refractivity contribution in [3.8, 4) is 0 Å². The van der Waals surface area contributed by atoms with Gasteiger partial charge in [-0.15, -0.1) is 12.6 Å². The normalized spacial score (nSPS) is 26.5. The lowest BCUT2D eigenvalue weighted by Crippen LogP contribution is -2.44. The first-order valence-corrected chi connectivity index (χ1v) is 7.52. The Morgan fingerprint density at radius 1 is 1.55 bits per heavy atom. The van der Waals surface area contributed by atoms with E-state index in [9.17, 15) is 14.0 Å². The molecule has 3 rings (SSSR count). The number of nitrogens with zero attached hydrogens (tertiary/aromatic N) is 1. The highest BCUT2D eigenvalue weighted by molar-refractivity contribution is 7.80. The lowest BCUT2D eigenvalue weighted by atomic mass is 9.96. The molecule has 2 unspecified atom stereocenters. The van der Waals surface area contributed by atoms with E-state index in [-0.39, 0.29) is 17.1 Å². The maximum atomic E-state index is 12.3. The van der Waals surface area contributed by atoms with Crippen LogP contribution in [0.1, 0.15) is 19.3 Å². The van der Waals surface area contributed by atoms with Gasteiger partial charge in [-0.1, -0.05) is 11.6 Å². The predicted octanol–water partition coefficient (Wildman–Crippen LogP) is 1.49. The summed E-state index contributed by atoms with van der Waals surface area (Å²) in [5.74, 6) is -0.359. The van der Waals surface area contributed by atoms with Gasteiger partial charge in [-0.3, -0.25) is 10.1 Å². The van der Waals surface area contributed by atoms with Crippen molar-refractivity contribution in [1.29, 1.82) is 0 Å². The monoisotopic (exact) mass is 346 g/mol. The van der Waals surface area contributed by atoms with E-state index in [0.29, 0.717) is 30.2 Å². The lowest BCUT2D eigenvalue weighted by Gasteiger charge is -2.19. The Kier molecular flexibility index (Phi) is 5.25. The Bertz CT molecular complexity index is 603. The van der Waals surface area contributed by atoms with Crippen LogP contribution in [0, 0.1) is 11.7 Å². The molecule has 1 aliphatic heterocycles. The smallest absolute Gasteiger partial charge is 0.322 e. The average molecular weight is 347 g/mol. The Morgan fingerprint density at radius 2 is 2.27 bits per heavy atom. The summed E-state index contributed by atoms with van der Waals surface area (Å²) in [6.45, 7) is 0.588. The van der Waals surface area contributed by atoms with Crippen molar-refractivity contribution in [3.05, 3.63) is 23.2 Å². The van der Waals surface area contributed by atoms with E-state index in [0.717, 1.165) is 6.42 Å². The average Bonchev–Trinajstić information content (AvgIpc) is 3.00. The van der Waals surface area contributed by atoms with Gasteiger partial charge in [0.15, 0.2) is 11.0 Å². The first-order valence-electron chi connectivity index (χ1n) is 6.70. The third kappa shape index (κ3) is 3.68. The van der Waals surface area contributed by atoms with Gasteiger partial charge in [-0.2, -0.15) is 0 Å². The SMILES string of the molecule is Fc1cc(S)cnc1Cl.NCC1CCC2(C1)NC(=O)NC2=O. The molecule has 0 bridgehead atoms. The number of amides is 3. The van der Waals surface area contributed by atoms with E-state index in [1.54, 1.807) is 0 Å². The predicted molar refractivity (Wildman–Crippen MR) is 82.3 cm³/mol. The lowest BCUT2D eigenvalue weighted by molar-refractivity contribution is -0.123. The number of halogens is 2. The Hall–Kier alpha value is -1.38. The zero-order chi connectivity index (χ0) is 16.3. The molecular weight excluding hydrogens is 331 g/mol. The standard InChI is InChI=1S/C8H13N3O2.C5H3ClFNS/c9-4-5-1-2-8(3-5)6(12)10-7(13)11-8;6-5-4(7)1-3(9)2-8-5/h5H,1-4,9H2,(H2,10,11,12,13);1-2,9H. The van der Waals surface area contributed by atoms with Gasteiger partial charge in [0, 0.05) is 11.1 Å². The second-order valence-corrected chi connectivity index (χ2v) is 6.18. The Morgan fingerprint density at radius 3 is 2.73 bits per heavy atom. The maximum absolute atomic E-state index is 12.3. The number of nitrogens with two attached hydrogens (primary N) is 1. The van der Waals surface area contributed by atoms with Gasteiger partial charge in [0.05, 0.1) is 0 Å². The molecule has 1 spiro atoms. The molecule has 2 fully saturated rings. The second kappa shape index (κ2) is 6.80. The van der Waals surface area contributed by atoms with Gasteiger partial charge >= 0.3 is 6.03 Å². The molecule has 3 amide bonds. The fraction of sp³-hybridized carbons (Fsp3) is 0.462. The molecule has 1 saturated carbocycles. The number of thiol groups is 1. The van der Waals surface area contributed by atoms with Crippen LogP contribution in [0.25, 0.3) is 0 Å². The molecule has 0 radical (unpaired) electrons. The summed E-state index contributed by atoms with van der Waals surface area (Å²) < 4.78 is 12.3. The molecule has 1 saturated heterocycles. The van der Waals surface area contributed by atoms with E-state index >= 15 is 0 Å². The van der Waals surface area contributed by atoms with Crippen molar-refractivity contribution in [3.63, 3.8) is 0 Å². The van der Waals surface area contributed by atoms with E-state index in [2.05, 4.69) is 28.2 Å².